The minimum atomic E-state index is -4.39. The van der Waals surface area contributed by atoms with Crippen LogP contribution >= 0.6 is 11.3 Å². The van der Waals surface area contributed by atoms with E-state index in [0.29, 0.717) is 43.3 Å². The van der Waals surface area contributed by atoms with Gasteiger partial charge in [-0.1, -0.05) is 24.3 Å². The molecule has 5 aromatic rings. The molecule has 0 spiro atoms. The van der Waals surface area contributed by atoms with E-state index in [9.17, 15) is 22.6 Å². The highest BCUT2D eigenvalue weighted by Crippen LogP contribution is 2.36. The maximum Gasteiger partial charge on any atom is 0.296 e. The minimum Gasteiger partial charge on any atom is -0.322 e. The van der Waals surface area contributed by atoms with Crippen LogP contribution in [0, 0.1) is 6.92 Å². The molecule has 0 bridgehead atoms. The lowest BCUT2D eigenvalue weighted by molar-refractivity contribution is 0.102. The van der Waals surface area contributed by atoms with Crippen LogP contribution in [0.5, 0.6) is 0 Å². The maximum atomic E-state index is 12.7. The molecule has 1 heterocycles. The number of hydrogen-bond acceptors (Lipinski definition) is 6. The predicted octanol–water partition coefficient (Wildman–Crippen LogP) is 6.02. The van der Waals surface area contributed by atoms with Crippen molar-refractivity contribution in [3.8, 4) is 10.6 Å². The van der Waals surface area contributed by atoms with Crippen molar-refractivity contribution in [2.24, 2.45) is 0 Å². The number of nitrogens with zero attached hydrogens (tertiary/aromatic N) is 1. The first-order valence-electron chi connectivity index (χ1n) is 11.4. The summed E-state index contributed by atoms with van der Waals surface area (Å²) in [5, 5.41) is 6.21. The summed E-state index contributed by atoms with van der Waals surface area (Å²) < 4.78 is 33.8. The minimum absolute atomic E-state index is 0.131. The number of thiazole rings is 1. The van der Waals surface area contributed by atoms with Gasteiger partial charge in [-0.05, 0) is 79.2 Å². The van der Waals surface area contributed by atoms with Crippen molar-refractivity contribution in [1.29, 1.82) is 0 Å². The molecule has 190 valence electrons. The third kappa shape index (κ3) is 5.32. The van der Waals surface area contributed by atoms with Crippen LogP contribution in [0.15, 0.2) is 95.9 Å². The molecular formula is C28H21N3O5S2. The summed E-state index contributed by atoms with van der Waals surface area (Å²) >= 11 is 1.17. The molecule has 0 saturated heterocycles. The van der Waals surface area contributed by atoms with Crippen molar-refractivity contribution in [3.05, 3.63) is 108 Å². The van der Waals surface area contributed by atoms with Crippen molar-refractivity contribution >= 4 is 54.9 Å². The zero-order valence-corrected chi connectivity index (χ0v) is 21.6. The smallest absolute Gasteiger partial charge is 0.296 e. The number of hydrogen-bond donors (Lipinski definition) is 3. The van der Waals surface area contributed by atoms with Crippen LogP contribution in [0.4, 0.5) is 11.4 Å². The molecule has 5 rings (SSSR count). The first kappa shape index (κ1) is 25.3. The number of aryl methyl sites for hydroxylation is 1. The van der Waals surface area contributed by atoms with Crippen molar-refractivity contribution < 1.29 is 22.6 Å². The molecule has 0 aliphatic heterocycles. The summed E-state index contributed by atoms with van der Waals surface area (Å²) in [5.41, 5.74) is 3.76. The number of nitrogens with one attached hydrogen (secondary N) is 2. The molecule has 0 radical (unpaired) electrons. The fraction of sp³-hybridized carbons (Fsp3) is 0.0357. The Morgan fingerprint density at radius 1 is 0.763 bits per heavy atom. The number of amides is 2. The Morgan fingerprint density at radius 2 is 1.32 bits per heavy atom. The van der Waals surface area contributed by atoms with E-state index in [-0.39, 0.29) is 16.7 Å². The summed E-state index contributed by atoms with van der Waals surface area (Å²) in [6.07, 6.45) is 0. The molecule has 10 heteroatoms. The molecule has 0 fully saturated rings. The monoisotopic (exact) mass is 543 g/mol. The molecule has 1 aromatic heterocycles. The van der Waals surface area contributed by atoms with E-state index >= 15 is 0 Å². The lowest BCUT2D eigenvalue weighted by Gasteiger charge is -2.08. The number of benzene rings is 4. The lowest BCUT2D eigenvalue weighted by Crippen LogP contribution is -2.13. The molecule has 0 unspecified atom stereocenters. The Balaban J connectivity index is 1.28. The van der Waals surface area contributed by atoms with Gasteiger partial charge in [0, 0.05) is 28.1 Å². The number of aromatic nitrogens is 1. The summed E-state index contributed by atoms with van der Waals surface area (Å²) in [6, 6.07) is 25.7. The van der Waals surface area contributed by atoms with Gasteiger partial charge in [0.25, 0.3) is 21.9 Å². The van der Waals surface area contributed by atoms with Crippen molar-refractivity contribution in [1.82, 2.24) is 4.98 Å². The van der Waals surface area contributed by atoms with Gasteiger partial charge >= 0.3 is 0 Å². The van der Waals surface area contributed by atoms with E-state index in [0.717, 1.165) is 5.56 Å². The maximum absolute atomic E-state index is 12.7. The first-order chi connectivity index (χ1) is 18.2. The fourth-order valence-electron chi connectivity index (χ4n) is 3.91. The average Bonchev–Trinajstić information content (AvgIpc) is 3.33. The van der Waals surface area contributed by atoms with Crippen LogP contribution < -0.4 is 10.6 Å². The van der Waals surface area contributed by atoms with Gasteiger partial charge in [-0.3, -0.25) is 14.1 Å². The highest BCUT2D eigenvalue weighted by Gasteiger charge is 2.21. The highest BCUT2D eigenvalue weighted by atomic mass is 32.2. The van der Waals surface area contributed by atoms with Gasteiger partial charge < -0.3 is 10.6 Å². The van der Waals surface area contributed by atoms with E-state index in [1.54, 1.807) is 91.9 Å². The standard InChI is InChI=1S/C28H21N3O5S2/c1-17-7-16-23-24(25(17)38(34,35)36)37-28(31-23)20-10-14-22(15-11-20)30-27(33)19-8-12-21(13-9-19)29-26(32)18-5-3-2-4-6-18/h2-16H,1H3,(H,29,32)(H,30,33)(H,34,35,36). The van der Waals surface area contributed by atoms with E-state index < -0.39 is 10.1 Å². The van der Waals surface area contributed by atoms with Crippen LogP contribution in [-0.4, -0.2) is 29.8 Å². The zero-order valence-electron chi connectivity index (χ0n) is 20.0. The van der Waals surface area contributed by atoms with Gasteiger partial charge in [-0.25, -0.2) is 4.98 Å². The van der Waals surface area contributed by atoms with Crippen LogP contribution in [0.25, 0.3) is 20.8 Å². The molecular weight excluding hydrogens is 522 g/mol. The zero-order chi connectivity index (χ0) is 26.9. The topological polar surface area (TPSA) is 125 Å². The predicted molar refractivity (Wildman–Crippen MR) is 148 cm³/mol. The number of anilines is 2. The second-order valence-corrected chi connectivity index (χ2v) is 10.8. The van der Waals surface area contributed by atoms with Crippen LogP contribution in [-0.2, 0) is 10.1 Å². The summed E-state index contributed by atoms with van der Waals surface area (Å²) in [5.74, 6) is -0.549. The largest absolute Gasteiger partial charge is 0.322 e. The molecule has 0 atom stereocenters. The molecule has 4 aromatic carbocycles. The second kappa shape index (κ2) is 10.2. The molecule has 0 aliphatic carbocycles. The quantitative estimate of drug-likeness (QED) is 0.225. The third-order valence-electron chi connectivity index (χ3n) is 5.80. The first-order valence-corrected chi connectivity index (χ1v) is 13.7. The second-order valence-electron chi connectivity index (χ2n) is 8.48. The Bertz CT molecular complexity index is 1760. The number of fused-ring (bicyclic) bond motifs is 1. The molecule has 38 heavy (non-hydrogen) atoms. The number of carbonyl (C=O) groups is 2. The SMILES string of the molecule is Cc1ccc2nc(-c3ccc(NC(=O)c4ccc(NC(=O)c5ccccc5)cc4)cc3)sc2c1S(=O)(=O)O. The average molecular weight is 544 g/mol. The normalized spacial score (nSPS) is 11.3. The Morgan fingerprint density at radius 3 is 1.89 bits per heavy atom. The van der Waals surface area contributed by atoms with Crippen molar-refractivity contribution in [3.63, 3.8) is 0 Å². The summed E-state index contributed by atoms with van der Waals surface area (Å²) in [7, 11) is -4.39. The van der Waals surface area contributed by atoms with E-state index in [2.05, 4.69) is 15.6 Å². The van der Waals surface area contributed by atoms with Gasteiger partial charge in [-0.15, -0.1) is 11.3 Å². The van der Waals surface area contributed by atoms with Gasteiger partial charge in [0.15, 0.2) is 0 Å². The van der Waals surface area contributed by atoms with Gasteiger partial charge in [0.05, 0.1) is 10.2 Å². The fourth-order valence-corrected chi connectivity index (χ4v) is 6.23. The van der Waals surface area contributed by atoms with Crippen molar-refractivity contribution in [2.75, 3.05) is 10.6 Å². The third-order valence-corrected chi connectivity index (χ3v) is 8.11. The van der Waals surface area contributed by atoms with Gasteiger partial charge in [0.2, 0.25) is 0 Å². The number of carbonyl (C=O) groups excluding carboxylic acids is 2. The molecule has 0 aliphatic rings. The van der Waals surface area contributed by atoms with E-state index in [1.807, 2.05) is 6.07 Å². The highest BCUT2D eigenvalue weighted by molar-refractivity contribution is 7.86. The molecule has 3 N–H and O–H groups in total. The van der Waals surface area contributed by atoms with Gasteiger partial charge in [-0.2, -0.15) is 8.42 Å². The Hall–Kier alpha value is -4.38. The van der Waals surface area contributed by atoms with E-state index in [4.69, 9.17) is 0 Å². The van der Waals surface area contributed by atoms with E-state index in [1.165, 1.54) is 11.3 Å². The molecule has 0 saturated carbocycles. The van der Waals surface area contributed by atoms with Gasteiger partial charge in [0.1, 0.15) is 9.90 Å². The van der Waals surface area contributed by atoms with Crippen LogP contribution in [0.2, 0.25) is 0 Å². The van der Waals surface area contributed by atoms with Crippen molar-refractivity contribution in [2.45, 2.75) is 11.8 Å². The summed E-state index contributed by atoms with van der Waals surface area (Å²) in [4.78, 5) is 29.4. The molecule has 8 nitrogen and oxygen atoms in total. The number of rotatable bonds is 6. The Kier molecular flexibility index (Phi) is 6.77. The summed E-state index contributed by atoms with van der Waals surface area (Å²) in [6.45, 7) is 1.62. The lowest BCUT2D eigenvalue weighted by atomic mass is 10.1. The Labute approximate surface area is 222 Å². The molecule has 2 amide bonds. The van der Waals surface area contributed by atoms with Crippen LogP contribution in [0.1, 0.15) is 26.3 Å². The van der Waals surface area contributed by atoms with Crippen LogP contribution in [0.3, 0.4) is 0 Å².